The Morgan fingerprint density at radius 3 is 2.67 bits per heavy atom. The molecule has 0 atom stereocenters. The summed E-state index contributed by atoms with van der Waals surface area (Å²) in [5.41, 5.74) is 1.80. The Hall–Kier alpha value is -2.42. The van der Waals surface area contributed by atoms with E-state index in [1.165, 1.54) is 0 Å². The Kier molecular flexibility index (Phi) is 3.93. The van der Waals surface area contributed by atoms with Crippen LogP contribution in [0.2, 0.25) is 0 Å². The van der Waals surface area contributed by atoms with Crippen LogP contribution in [0.15, 0.2) is 29.9 Å². The maximum atomic E-state index is 4.63. The molecule has 0 unspecified atom stereocenters. The van der Waals surface area contributed by atoms with Gasteiger partial charge in [-0.2, -0.15) is 0 Å². The maximum absolute atomic E-state index is 4.63. The summed E-state index contributed by atoms with van der Waals surface area (Å²) >= 11 is 1.57. The Bertz CT molecular complexity index is 856. The van der Waals surface area contributed by atoms with E-state index in [9.17, 15) is 0 Å². The average molecular weight is 342 g/mol. The number of aromatic nitrogens is 6. The minimum atomic E-state index is 0.800. The van der Waals surface area contributed by atoms with Gasteiger partial charge in [-0.05, 0) is 13.2 Å². The highest BCUT2D eigenvalue weighted by molar-refractivity contribution is 7.98. The van der Waals surface area contributed by atoms with Gasteiger partial charge in [-0.3, -0.25) is 4.40 Å². The van der Waals surface area contributed by atoms with Crippen LogP contribution in [0, 0.1) is 6.92 Å². The molecule has 4 heterocycles. The van der Waals surface area contributed by atoms with E-state index in [2.05, 4.69) is 34.9 Å². The van der Waals surface area contributed by atoms with Gasteiger partial charge >= 0.3 is 0 Å². The van der Waals surface area contributed by atoms with Gasteiger partial charge in [-0.1, -0.05) is 11.8 Å². The molecular formula is C15H18N8S. The van der Waals surface area contributed by atoms with Crippen molar-refractivity contribution in [3.05, 3.63) is 30.5 Å². The number of hydrogen-bond donors (Lipinski definition) is 0. The number of hydrogen-bond acceptors (Lipinski definition) is 8. The summed E-state index contributed by atoms with van der Waals surface area (Å²) < 4.78 is 1.90. The quantitative estimate of drug-likeness (QED) is 0.520. The van der Waals surface area contributed by atoms with Gasteiger partial charge in [0.05, 0.1) is 0 Å². The van der Waals surface area contributed by atoms with Crippen molar-refractivity contribution in [1.82, 2.24) is 29.5 Å². The van der Waals surface area contributed by atoms with E-state index in [1.54, 1.807) is 24.3 Å². The van der Waals surface area contributed by atoms with E-state index in [-0.39, 0.29) is 0 Å². The largest absolute Gasteiger partial charge is 0.353 e. The van der Waals surface area contributed by atoms with Gasteiger partial charge in [0.1, 0.15) is 12.1 Å². The lowest BCUT2D eigenvalue weighted by Gasteiger charge is -2.36. The number of nitrogens with zero attached hydrogens (tertiary/aromatic N) is 8. The Balaban J connectivity index is 1.53. The number of rotatable bonds is 3. The normalized spacial score (nSPS) is 15.2. The number of thioether (sulfide) groups is 1. The molecule has 124 valence electrons. The summed E-state index contributed by atoms with van der Waals surface area (Å²) in [6, 6.07) is 2.05. The summed E-state index contributed by atoms with van der Waals surface area (Å²) in [7, 11) is 0. The predicted octanol–water partition coefficient (Wildman–Crippen LogP) is 1.27. The van der Waals surface area contributed by atoms with Gasteiger partial charge in [0.2, 0.25) is 5.65 Å². The van der Waals surface area contributed by atoms with Crippen molar-refractivity contribution in [2.24, 2.45) is 0 Å². The fraction of sp³-hybridized carbons (Fsp3) is 0.400. The Morgan fingerprint density at radius 2 is 1.88 bits per heavy atom. The van der Waals surface area contributed by atoms with Crippen LogP contribution in [0.5, 0.6) is 0 Å². The summed E-state index contributed by atoms with van der Waals surface area (Å²) in [6.07, 6.45) is 7.35. The van der Waals surface area contributed by atoms with Crippen LogP contribution < -0.4 is 9.80 Å². The van der Waals surface area contributed by atoms with Crippen LogP contribution >= 0.6 is 11.8 Å². The summed E-state index contributed by atoms with van der Waals surface area (Å²) in [4.78, 5) is 18.1. The van der Waals surface area contributed by atoms with Gasteiger partial charge in [0, 0.05) is 50.3 Å². The second-order valence-corrected chi connectivity index (χ2v) is 6.41. The van der Waals surface area contributed by atoms with Crippen LogP contribution in [-0.2, 0) is 0 Å². The van der Waals surface area contributed by atoms with Crippen molar-refractivity contribution in [3.8, 4) is 0 Å². The van der Waals surface area contributed by atoms with Crippen molar-refractivity contribution in [2.45, 2.75) is 12.1 Å². The van der Waals surface area contributed by atoms with Crippen molar-refractivity contribution in [1.29, 1.82) is 0 Å². The zero-order chi connectivity index (χ0) is 16.5. The second-order valence-electron chi connectivity index (χ2n) is 5.64. The van der Waals surface area contributed by atoms with E-state index in [0.29, 0.717) is 0 Å². The van der Waals surface area contributed by atoms with Crippen molar-refractivity contribution in [3.63, 3.8) is 0 Å². The van der Waals surface area contributed by atoms with Crippen molar-refractivity contribution in [2.75, 3.05) is 42.2 Å². The smallest absolute Gasteiger partial charge is 0.203 e. The molecule has 0 spiro atoms. The minimum Gasteiger partial charge on any atom is -0.353 e. The van der Waals surface area contributed by atoms with E-state index < -0.39 is 0 Å². The first-order chi connectivity index (χ1) is 11.7. The third-order valence-corrected chi connectivity index (χ3v) is 4.65. The lowest BCUT2D eigenvalue weighted by atomic mass is 10.3. The zero-order valence-electron chi connectivity index (χ0n) is 13.6. The van der Waals surface area contributed by atoms with Gasteiger partial charge in [0.25, 0.3) is 0 Å². The summed E-state index contributed by atoms with van der Waals surface area (Å²) in [5, 5.41) is 8.96. The molecule has 8 nitrogen and oxygen atoms in total. The topological polar surface area (TPSA) is 75.3 Å². The average Bonchev–Trinajstić information content (AvgIpc) is 3.10. The fourth-order valence-corrected chi connectivity index (χ4v) is 3.31. The minimum absolute atomic E-state index is 0.800. The molecule has 1 saturated heterocycles. The molecule has 9 heteroatoms. The molecule has 0 aliphatic carbocycles. The predicted molar refractivity (Wildman–Crippen MR) is 93.8 cm³/mol. The highest BCUT2D eigenvalue weighted by Gasteiger charge is 2.22. The Morgan fingerprint density at radius 1 is 1.08 bits per heavy atom. The molecule has 24 heavy (non-hydrogen) atoms. The molecule has 1 aliphatic rings. The van der Waals surface area contributed by atoms with Crippen LogP contribution in [0.4, 0.5) is 11.6 Å². The van der Waals surface area contributed by atoms with Gasteiger partial charge < -0.3 is 9.80 Å². The van der Waals surface area contributed by atoms with Crippen LogP contribution in [0.3, 0.4) is 0 Å². The second kappa shape index (κ2) is 6.23. The molecule has 0 N–H and O–H groups in total. The molecule has 1 fully saturated rings. The van der Waals surface area contributed by atoms with Crippen LogP contribution in [-0.4, -0.2) is 62.0 Å². The molecule has 1 aliphatic heterocycles. The first-order valence-corrected chi connectivity index (χ1v) is 9.01. The first-order valence-electron chi connectivity index (χ1n) is 7.78. The fourth-order valence-electron chi connectivity index (χ4n) is 2.89. The van der Waals surface area contributed by atoms with E-state index in [0.717, 1.165) is 54.3 Å². The van der Waals surface area contributed by atoms with E-state index in [1.807, 2.05) is 29.8 Å². The maximum Gasteiger partial charge on any atom is 0.203 e. The van der Waals surface area contributed by atoms with Crippen LogP contribution in [0.1, 0.15) is 5.69 Å². The molecule has 0 saturated carbocycles. The molecule has 3 aromatic heterocycles. The molecule has 0 bridgehead atoms. The molecule has 4 rings (SSSR count). The third kappa shape index (κ3) is 2.75. The van der Waals surface area contributed by atoms with Gasteiger partial charge in [-0.25, -0.2) is 15.0 Å². The number of anilines is 2. The van der Waals surface area contributed by atoms with Crippen LogP contribution in [0.25, 0.3) is 5.65 Å². The van der Waals surface area contributed by atoms with Gasteiger partial charge in [-0.15, -0.1) is 10.2 Å². The summed E-state index contributed by atoms with van der Waals surface area (Å²) in [5.74, 6) is 1.89. The lowest BCUT2D eigenvalue weighted by molar-refractivity contribution is 0.637. The molecule has 0 radical (unpaired) electrons. The van der Waals surface area contributed by atoms with E-state index >= 15 is 0 Å². The first kappa shape index (κ1) is 15.1. The molecule has 0 amide bonds. The van der Waals surface area contributed by atoms with E-state index in [4.69, 9.17) is 0 Å². The molecular weight excluding hydrogens is 324 g/mol. The number of fused-ring (bicyclic) bond motifs is 1. The standard InChI is InChI=1S/C15H18N8S/c1-11-9-12(19-15(18-11)24-2)21-5-7-22(8-6-21)13-14-20-17-10-23(14)4-3-16-13/h3-4,9-10H,5-8H2,1-2H3. The monoisotopic (exact) mass is 342 g/mol. The number of piperazine rings is 1. The highest BCUT2D eigenvalue weighted by atomic mass is 32.2. The van der Waals surface area contributed by atoms with Gasteiger partial charge in [0.15, 0.2) is 11.0 Å². The number of aryl methyl sites for hydroxylation is 1. The SMILES string of the molecule is CSc1nc(C)cc(N2CCN(c3nccn4cnnc34)CC2)n1. The lowest BCUT2D eigenvalue weighted by Crippen LogP contribution is -2.47. The highest BCUT2D eigenvalue weighted by Crippen LogP contribution is 2.22. The molecule has 0 aromatic carbocycles. The summed E-state index contributed by atoms with van der Waals surface area (Å²) in [6.45, 7) is 5.54. The van der Waals surface area contributed by atoms with Crippen molar-refractivity contribution >= 4 is 29.0 Å². The Labute approximate surface area is 143 Å². The third-order valence-electron chi connectivity index (χ3n) is 4.10. The zero-order valence-corrected chi connectivity index (χ0v) is 14.4. The van der Waals surface area contributed by atoms with Crippen molar-refractivity contribution < 1.29 is 0 Å². The molecule has 3 aromatic rings.